The van der Waals surface area contributed by atoms with Gasteiger partial charge in [-0.3, -0.25) is 0 Å². The smallest absolute Gasteiger partial charge is 0.160 e. The van der Waals surface area contributed by atoms with Crippen LogP contribution in [0.15, 0.2) is 200 Å². The highest BCUT2D eigenvalue weighted by Crippen LogP contribution is 2.55. The fourth-order valence-electron chi connectivity index (χ4n) is 8.52. The monoisotopic (exact) mass is 717 g/mol. The molecular formula is C53H39N3. The number of nitrogens with zero attached hydrogens (tertiary/aromatic N) is 3. The molecule has 1 aliphatic rings. The molecule has 8 aromatic carbocycles. The number of hydrogen-bond acceptors (Lipinski definition) is 3. The Bertz CT molecular complexity index is 2880. The largest absolute Gasteiger partial charge is 0.309 e. The van der Waals surface area contributed by atoms with Crippen molar-refractivity contribution in [3.63, 3.8) is 0 Å². The highest BCUT2D eigenvalue weighted by Gasteiger charge is 2.38. The molecular weight excluding hydrogens is 679 g/mol. The molecule has 56 heavy (non-hydrogen) atoms. The molecule has 9 aromatic rings. The second-order valence-corrected chi connectivity index (χ2v) is 15.0. The van der Waals surface area contributed by atoms with Gasteiger partial charge in [0.1, 0.15) is 0 Å². The van der Waals surface area contributed by atoms with Crippen molar-refractivity contribution in [2.24, 2.45) is 0 Å². The Morgan fingerprint density at radius 1 is 0.411 bits per heavy atom. The molecule has 10 rings (SSSR count). The Morgan fingerprint density at radius 3 is 1.79 bits per heavy atom. The second kappa shape index (κ2) is 13.6. The molecule has 0 saturated carbocycles. The van der Waals surface area contributed by atoms with Crippen LogP contribution in [0.25, 0.3) is 66.9 Å². The van der Waals surface area contributed by atoms with E-state index in [-0.39, 0.29) is 5.41 Å². The van der Waals surface area contributed by atoms with Crippen molar-refractivity contribution in [3.05, 3.63) is 211 Å². The highest BCUT2D eigenvalue weighted by molar-refractivity contribution is 5.99. The molecule has 0 bridgehead atoms. The Labute approximate surface area is 328 Å². The average molecular weight is 718 g/mol. The summed E-state index contributed by atoms with van der Waals surface area (Å²) in [6, 6.07) is 71.4. The standard InChI is InChI=1S/C53H39N3/c1-53(2)45-26-12-9-24-43(45)50-46(53)27-16-30-49(50)56(48-29-14-11-23-42(48)38-19-7-4-8-20-38)41-22-15-21-40(35-41)51-44-25-10-13-28-47(44)54-52(55-51)39-33-31-37(32-34-39)36-17-5-3-6-18-36/h3-35H,1-2H3. The van der Waals surface area contributed by atoms with Gasteiger partial charge in [-0.1, -0.05) is 184 Å². The average Bonchev–Trinajstić information content (AvgIpc) is 3.50. The van der Waals surface area contributed by atoms with Crippen molar-refractivity contribution >= 4 is 28.0 Å². The van der Waals surface area contributed by atoms with E-state index in [2.05, 4.69) is 213 Å². The summed E-state index contributed by atoms with van der Waals surface area (Å²) in [5.41, 5.74) is 16.9. The first-order chi connectivity index (χ1) is 27.5. The van der Waals surface area contributed by atoms with Crippen LogP contribution in [0.5, 0.6) is 0 Å². The van der Waals surface area contributed by atoms with E-state index in [1.165, 1.54) is 33.4 Å². The van der Waals surface area contributed by atoms with Crippen LogP contribution in [0.3, 0.4) is 0 Å². The second-order valence-electron chi connectivity index (χ2n) is 15.0. The molecule has 3 heteroatoms. The highest BCUT2D eigenvalue weighted by atomic mass is 15.1. The number of para-hydroxylation sites is 2. The zero-order valence-corrected chi connectivity index (χ0v) is 31.4. The van der Waals surface area contributed by atoms with Crippen molar-refractivity contribution in [1.82, 2.24) is 9.97 Å². The lowest BCUT2D eigenvalue weighted by Gasteiger charge is -2.31. The Hall–Kier alpha value is -7.10. The van der Waals surface area contributed by atoms with Gasteiger partial charge in [0.25, 0.3) is 0 Å². The molecule has 266 valence electrons. The quantitative estimate of drug-likeness (QED) is 0.164. The number of fused-ring (bicyclic) bond motifs is 4. The first-order valence-electron chi connectivity index (χ1n) is 19.3. The third-order valence-electron chi connectivity index (χ3n) is 11.3. The predicted octanol–water partition coefficient (Wildman–Crippen LogP) is 14.1. The Balaban J connectivity index is 1.17. The van der Waals surface area contributed by atoms with Crippen molar-refractivity contribution in [1.29, 1.82) is 0 Å². The topological polar surface area (TPSA) is 29.0 Å². The molecule has 0 amide bonds. The fourth-order valence-corrected chi connectivity index (χ4v) is 8.52. The molecule has 0 spiro atoms. The van der Waals surface area contributed by atoms with Gasteiger partial charge in [-0.15, -0.1) is 0 Å². The minimum Gasteiger partial charge on any atom is -0.309 e. The van der Waals surface area contributed by atoms with E-state index in [1.54, 1.807) is 0 Å². The summed E-state index contributed by atoms with van der Waals surface area (Å²) in [6.07, 6.45) is 0. The molecule has 1 aliphatic carbocycles. The maximum atomic E-state index is 5.33. The molecule has 1 aromatic heterocycles. The van der Waals surface area contributed by atoms with E-state index in [1.807, 2.05) is 6.07 Å². The van der Waals surface area contributed by atoms with Crippen molar-refractivity contribution in [3.8, 4) is 56.0 Å². The number of rotatable bonds is 7. The van der Waals surface area contributed by atoms with Gasteiger partial charge >= 0.3 is 0 Å². The molecule has 0 N–H and O–H groups in total. The minimum absolute atomic E-state index is 0.135. The summed E-state index contributed by atoms with van der Waals surface area (Å²) in [5.74, 6) is 0.703. The van der Waals surface area contributed by atoms with Crippen molar-refractivity contribution < 1.29 is 0 Å². The maximum Gasteiger partial charge on any atom is 0.160 e. The molecule has 0 atom stereocenters. The molecule has 1 heterocycles. The zero-order valence-electron chi connectivity index (χ0n) is 31.4. The number of benzene rings is 8. The molecule has 0 saturated heterocycles. The SMILES string of the molecule is CC1(C)c2ccccc2-c2c(N(c3cccc(-c4nc(-c5ccc(-c6ccccc6)cc5)nc5ccccc45)c3)c3ccccc3-c3ccccc3)cccc21. The van der Waals surface area contributed by atoms with Crippen LogP contribution in [0, 0.1) is 0 Å². The van der Waals surface area contributed by atoms with Gasteiger partial charge in [-0.05, 0) is 63.7 Å². The van der Waals surface area contributed by atoms with Crippen LogP contribution in [0.4, 0.5) is 17.1 Å². The fraction of sp³-hybridized carbons (Fsp3) is 0.0566. The Kier molecular flexibility index (Phi) is 8.15. The van der Waals surface area contributed by atoms with Crippen LogP contribution in [0.1, 0.15) is 25.0 Å². The minimum atomic E-state index is -0.135. The van der Waals surface area contributed by atoms with E-state index < -0.39 is 0 Å². The van der Waals surface area contributed by atoms with Gasteiger partial charge in [0.05, 0.1) is 22.6 Å². The number of hydrogen-bond donors (Lipinski definition) is 0. The molecule has 0 fully saturated rings. The lowest BCUT2D eigenvalue weighted by Crippen LogP contribution is -2.16. The van der Waals surface area contributed by atoms with Crippen LogP contribution >= 0.6 is 0 Å². The van der Waals surface area contributed by atoms with Crippen LogP contribution in [-0.4, -0.2) is 9.97 Å². The van der Waals surface area contributed by atoms with Crippen LogP contribution < -0.4 is 4.90 Å². The van der Waals surface area contributed by atoms with E-state index in [0.717, 1.165) is 55.9 Å². The van der Waals surface area contributed by atoms with Gasteiger partial charge in [-0.2, -0.15) is 0 Å². The van der Waals surface area contributed by atoms with Crippen molar-refractivity contribution in [2.45, 2.75) is 19.3 Å². The van der Waals surface area contributed by atoms with Crippen LogP contribution in [-0.2, 0) is 5.41 Å². The number of aromatic nitrogens is 2. The van der Waals surface area contributed by atoms with Gasteiger partial charge in [-0.25, -0.2) is 9.97 Å². The number of anilines is 3. The first-order valence-corrected chi connectivity index (χ1v) is 19.3. The lowest BCUT2D eigenvalue weighted by molar-refractivity contribution is 0.660. The van der Waals surface area contributed by atoms with Gasteiger partial charge < -0.3 is 4.90 Å². The van der Waals surface area contributed by atoms with Crippen LogP contribution in [0.2, 0.25) is 0 Å². The van der Waals surface area contributed by atoms with Gasteiger partial charge in [0, 0.05) is 38.7 Å². The van der Waals surface area contributed by atoms with E-state index >= 15 is 0 Å². The summed E-state index contributed by atoms with van der Waals surface area (Å²) in [6.45, 7) is 4.69. The maximum absolute atomic E-state index is 5.33. The molecule has 0 unspecified atom stereocenters. The zero-order chi connectivity index (χ0) is 37.6. The van der Waals surface area contributed by atoms with Crippen molar-refractivity contribution in [2.75, 3.05) is 4.90 Å². The predicted molar refractivity (Wildman–Crippen MR) is 234 cm³/mol. The Morgan fingerprint density at radius 2 is 0.982 bits per heavy atom. The first kappa shape index (κ1) is 33.5. The van der Waals surface area contributed by atoms with E-state index in [4.69, 9.17) is 9.97 Å². The normalized spacial score (nSPS) is 12.6. The summed E-state index contributed by atoms with van der Waals surface area (Å²) in [7, 11) is 0. The summed E-state index contributed by atoms with van der Waals surface area (Å²) in [5, 5.41) is 1.02. The van der Waals surface area contributed by atoms with E-state index in [0.29, 0.717) is 5.82 Å². The third kappa shape index (κ3) is 5.68. The molecule has 0 aliphatic heterocycles. The van der Waals surface area contributed by atoms with Gasteiger partial charge in [0.2, 0.25) is 0 Å². The third-order valence-corrected chi connectivity index (χ3v) is 11.3. The van der Waals surface area contributed by atoms with Gasteiger partial charge in [0.15, 0.2) is 5.82 Å². The molecule has 0 radical (unpaired) electrons. The lowest BCUT2D eigenvalue weighted by atomic mass is 9.82. The summed E-state index contributed by atoms with van der Waals surface area (Å²) >= 11 is 0. The van der Waals surface area contributed by atoms with E-state index in [9.17, 15) is 0 Å². The molecule has 3 nitrogen and oxygen atoms in total. The summed E-state index contributed by atoms with van der Waals surface area (Å²) < 4.78 is 0. The summed E-state index contributed by atoms with van der Waals surface area (Å²) in [4.78, 5) is 12.9.